The molecule has 0 saturated carbocycles. The molecule has 1 aliphatic rings. The Morgan fingerprint density at radius 2 is 1.88 bits per heavy atom. The van der Waals surface area contributed by atoms with Crippen molar-refractivity contribution in [3.8, 4) is 0 Å². The molecule has 0 amide bonds. The van der Waals surface area contributed by atoms with Crippen LogP contribution in [0.2, 0.25) is 0 Å². The van der Waals surface area contributed by atoms with Gasteiger partial charge >= 0.3 is 0 Å². The minimum atomic E-state index is 0.106. The molecule has 1 aliphatic carbocycles. The fourth-order valence-electron chi connectivity index (χ4n) is 2.49. The SMILES string of the molecule is O=C1c2ccccc2C[C@H]1Cc1ccncc1. The largest absolute Gasteiger partial charge is 0.294 e. The predicted octanol–water partition coefficient (Wildman–Crippen LogP) is 2.68. The molecular weight excluding hydrogens is 210 g/mol. The first-order valence-corrected chi connectivity index (χ1v) is 5.85. The van der Waals surface area contributed by atoms with Gasteiger partial charge in [0.15, 0.2) is 5.78 Å². The highest BCUT2D eigenvalue weighted by Crippen LogP contribution is 2.28. The van der Waals surface area contributed by atoms with Crippen molar-refractivity contribution in [2.75, 3.05) is 0 Å². The first-order chi connectivity index (χ1) is 8.34. The molecule has 1 aromatic carbocycles. The zero-order valence-corrected chi connectivity index (χ0v) is 9.47. The van der Waals surface area contributed by atoms with Gasteiger partial charge in [-0.05, 0) is 36.1 Å². The highest BCUT2D eigenvalue weighted by Gasteiger charge is 2.29. The molecule has 0 bridgehead atoms. The molecule has 1 atom stereocenters. The number of carbonyl (C=O) groups is 1. The van der Waals surface area contributed by atoms with E-state index in [1.807, 2.05) is 30.3 Å². The molecule has 0 unspecified atom stereocenters. The van der Waals surface area contributed by atoms with Crippen LogP contribution in [0.1, 0.15) is 21.5 Å². The van der Waals surface area contributed by atoms with Gasteiger partial charge in [0.25, 0.3) is 0 Å². The molecule has 1 aromatic heterocycles. The summed E-state index contributed by atoms with van der Waals surface area (Å²) in [4.78, 5) is 16.2. The number of nitrogens with zero attached hydrogens (tertiary/aromatic N) is 1. The molecule has 3 rings (SSSR count). The monoisotopic (exact) mass is 223 g/mol. The third-order valence-electron chi connectivity index (χ3n) is 3.35. The third-order valence-corrected chi connectivity index (χ3v) is 3.35. The molecule has 0 N–H and O–H groups in total. The minimum Gasteiger partial charge on any atom is -0.294 e. The van der Waals surface area contributed by atoms with Crippen molar-refractivity contribution in [2.24, 2.45) is 5.92 Å². The maximum Gasteiger partial charge on any atom is 0.166 e. The summed E-state index contributed by atoms with van der Waals surface area (Å²) in [6.07, 6.45) is 5.25. The van der Waals surface area contributed by atoms with Crippen molar-refractivity contribution < 1.29 is 4.79 Å². The molecule has 0 fully saturated rings. The molecule has 2 heteroatoms. The molecule has 17 heavy (non-hydrogen) atoms. The number of pyridine rings is 1. The van der Waals surface area contributed by atoms with Gasteiger partial charge < -0.3 is 0 Å². The molecule has 2 aromatic rings. The fraction of sp³-hybridized carbons (Fsp3) is 0.200. The maximum absolute atomic E-state index is 12.2. The van der Waals surface area contributed by atoms with E-state index in [1.165, 1.54) is 11.1 Å². The second-order valence-electron chi connectivity index (χ2n) is 4.48. The summed E-state index contributed by atoms with van der Waals surface area (Å²) in [6, 6.07) is 11.9. The molecule has 2 nitrogen and oxygen atoms in total. The number of hydrogen-bond acceptors (Lipinski definition) is 2. The zero-order valence-electron chi connectivity index (χ0n) is 9.47. The van der Waals surface area contributed by atoms with Crippen molar-refractivity contribution in [2.45, 2.75) is 12.8 Å². The normalized spacial score (nSPS) is 18.1. The van der Waals surface area contributed by atoms with Crippen LogP contribution >= 0.6 is 0 Å². The van der Waals surface area contributed by atoms with Crippen LogP contribution in [0.3, 0.4) is 0 Å². The van der Waals surface area contributed by atoms with E-state index in [2.05, 4.69) is 11.1 Å². The lowest BCUT2D eigenvalue weighted by molar-refractivity contribution is 0.0936. The molecule has 0 aliphatic heterocycles. The van der Waals surface area contributed by atoms with E-state index >= 15 is 0 Å². The second-order valence-corrected chi connectivity index (χ2v) is 4.48. The van der Waals surface area contributed by atoms with Gasteiger partial charge in [-0.15, -0.1) is 0 Å². The molecule has 0 radical (unpaired) electrons. The van der Waals surface area contributed by atoms with Crippen molar-refractivity contribution in [1.82, 2.24) is 4.98 Å². The Balaban J connectivity index is 1.83. The molecule has 84 valence electrons. The summed E-state index contributed by atoms with van der Waals surface area (Å²) >= 11 is 0. The number of rotatable bonds is 2. The smallest absolute Gasteiger partial charge is 0.166 e. The lowest BCUT2D eigenvalue weighted by atomic mass is 9.96. The number of hydrogen-bond donors (Lipinski definition) is 0. The van der Waals surface area contributed by atoms with Gasteiger partial charge in [0.1, 0.15) is 0 Å². The van der Waals surface area contributed by atoms with E-state index in [4.69, 9.17) is 0 Å². The summed E-state index contributed by atoms with van der Waals surface area (Å²) in [6.45, 7) is 0. The van der Waals surface area contributed by atoms with Gasteiger partial charge in [0.2, 0.25) is 0 Å². The van der Waals surface area contributed by atoms with Crippen molar-refractivity contribution >= 4 is 5.78 Å². The molecule has 0 spiro atoms. The van der Waals surface area contributed by atoms with Gasteiger partial charge in [0, 0.05) is 23.9 Å². The highest BCUT2D eigenvalue weighted by molar-refractivity contribution is 6.02. The molecule has 1 heterocycles. The van der Waals surface area contributed by atoms with Crippen molar-refractivity contribution in [3.05, 3.63) is 65.5 Å². The van der Waals surface area contributed by atoms with Crippen LogP contribution in [0.25, 0.3) is 0 Å². The highest BCUT2D eigenvalue weighted by atomic mass is 16.1. The van der Waals surface area contributed by atoms with E-state index in [9.17, 15) is 4.79 Å². The third kappa shape index (κ3) is 1.86. The number of ketones is 1. The van der Waals surface area contributed by atoms with E-state index < -0.39 is 0 Å². The van der Waals surface area contributed by atoms with Crippen LogP contribution in [0, 0.1) is 5.92 Å². The molecular formula is C15H13NO. The topological polar surface area (TPSA) is 30.0 Å². The summed E-state index contributed by atoms with van der Waals surface area (Å²) < 4.78 is 0. The van der Waals surface area contributed by atoms with Crippen LogP contribution in [0.5, 0.6) is 0 Å². The maximum atomic E-state index is 12.2. The lowest BCUT2D eigenvalue weighted by Crippen LogP contribution is -2.12. The summed E-state index contributed by atoms with van der Waals surface area (Å²) in [5.41, 5.74) is 3.29. The van der Waals surface area contributed by atoms with Crippen LogP contribution < -0.4 is 0 Å². The Morgan fingerprint density at radius 1 is 1.12 bits per heavy atom. The predicted molar refractivity (Wildman–Crippen MR) is 65.9 cm³/mol. The van der Waals surface area contributed by atoms with Gasteiger partial charge in [0.05, 0.1) is 0 Å². The van der Waals surface area contributed by atoms with Gasteiger partial charge in [-0.25, -0.2) is 0 Å². The second kappa shape index (κ2) is 4.13. The van der Waals surface area contributed by atoms with Crippen LogP contribution in [-0.2, 0) is 12.8 Å². The average Bonchev–Trinajstić information content (AvgIpc) is 2.68. The van der Waals surface area contributed by atoms with E-state index in [0.717, 1.165) is 18.4 Å². The fourth-order valence-corrected chi connectivity index (χ4v) is 2.49. The summed E-state index contributed by atoms with van der Waals surface area (Å²) in [7, 11) is 0. The summed E-state index contributed by atoms with van der Waals surface area (Å²) in [5.74, 6) is 0.396. The number of aromatic nitrogens is 1. The number of carbonyl (C=O) groups excluding carboxylic acids is 1. The summed E-state index contributed by atoms with van der Waals surface area (Å²) in [5, 5.41) is 0. The van der Waals surface area contributed by atoms with E-state index in [1.54, 1.807) is 12.4 Å². The number of fused-ring (bicyclic) bond motifs is 1. The Hall–Kier alpha value is -1.96. The van der Waals surface area contributed by atoms with Crippen LogP contribution in [-0.4, -0.2) is 10.8 Å². The van der Waals surface area contributed by atoms with Gasteiger partial charge in [-0.1, -0.05) is 24.3 Å². The number of benzene rings is 1. The van der Waals surface area contributed by atoms with Gasteiger partial charge in [-0.3, -0.25) is 9.78 Å². The van der Waals surface area contributed by atoms with Crippen molar-refractivity contribution in [3.63, 3.8) is 0 Å². The van der Waals surface area contributed by atoms with Crippen molar-refractivity contribution in [1.29, 1.82) is 0 Å². The zero-order chi connectivity index (χ0) is 11.7. The van der Waals surface area contributed by atoms with E-state index in [0.29, 0.717) is 0 Å². The lowest BCUT2D eigenvalue weighted by Gasteiger charge is -2.07. The minimum absolute atomic E-state index is 0.106. The van der Waals surface area contributed by atoms with E-state index in [-0.39, 0.29) is 11.7 Å². The first-order valence-electron chi connectivity index (χ1n) is 5.85. The Bertz CT molecular complexity index is 548. The van der Waals surface area contributed by atoms with Crippen LogP contribution in [0.4, 0.5) is 0 Å². The molecule has 0 saturated heterocycles. The Labute approximate surface area is 100 Å². The van der Waals surface area contributed by atoms with Gasteiger partial charge in [-0.2, -0.15) is 0 Å². The Kier molecular flexibility index (Phi) is 2.48. The standard InChI is InChI=1S/C15H13NO/c17-15-13(9-11-5-7-16-8-6-11)10-12-3-1-2-4-14(12)15/h1-8,13H,9-10H2/t13-/m1/s1. The quantitative estimate of drug-likeness (QED) is 0.783. The Morgan fingerprint density at radius 3 is 2.65 bits per heavy atom. The first kappa shape index (κ1) is 10.2. The van der Waals surface area contributed by atoms with Crippen LogP contribution in [0.15, 0.2) is 48.8 Å². The number of Topliss-reactive ketones (excluding diaryl/α,β-unsaturated/α-hetero) is 1. The average molecular weight is 223 g/mol.